The standard InChI is InChI=1S/C24H21N5O2/c1-27-24-21(15-26)23(18-6-8-19(9-7-18)31-13-12-30-2)20(14-25)22(29-24)10-5-17-4-3-11-28-16-17/h3-4,6-9,11,16H,1,5,10,12-13H2,2H3. The number of hydrogen-bond acceptors (Lipinski definition) is 7. The molecule has 0 aliphatic rings. The van der Waals surface area contributed by atoms with Crippen LogP contribution in [0.5, 0.6) is 5.75 Å². The maximum atomic E-state index is 9.94. The van der Waals surface area contributed by atoms with E-state index in [-0.39, 0.29) is 11.4 Å². The highest BCUT2D eigenvalue weighted by Gasteiger charge is 2.21. The second-order valence-corrected chi connectivity index (χ2v) is 6.62. The molecule has 0 N–H and O–H groups in total. The highest BCUT2D eigenvalue weighted by molar-refractivity contribution is 5.81. The number of nitriles is 2. The van der Waals surface area contributed by atoms with Crippen LogP contribution in [0.4, 0.5) is 5.82 Å². The number of nitrogens with zero attached hydrogens (tertiary/aromatic N) is 5. The van der Waals surface area contributed by atoms with E-state index < -0.39 is 0 Å². The van der Waals surface area contributed by atoms with Gasteiger partial charge in [0.05, 0.1) is 17.9 Å². The van der Waals surface area contributed by atoms with Crippen LogP contribution < -0.4 is 4.74 Å². The Labute approximate surface area is 181 Å². The summed E-state index contributed by atoms with van der Waals surface area (Å²) >= 11 is 0. The first-order chi connectivity index (χ1) is 15.2. The van der Waals surface area contributed by atoms with E-state index in [0.717, 1.165) is 5.56 Å². The van der Waals surface area contributed by atoms with Gasteiger partial charge >= 0.3 is 0 Å². The number of aryl methyl sites for hydroxylation is 2. The first-order valence-electron chi connectivity index (χ1n) is 9.66. The fourth-order valence-corrected chi connectivity index (χ4v) is 3.20. The SMILES string of the molecule is C=Nc1nc(CCc2cccnc2)c(C#N)c(-c2ccc(OCCOC)cc2)c1C#N. The van der Waals surface area contributed by atoms with E-state index in [1.807, 2.05) is 24.3 Å². The molecule has 0 aliphatic heterocycles. The summed E-state index contributed by atoms with van der Waals surface area (Å²) in [6.07, 6.45) is 4.66. The van der Waals surface area contributed by atoms with Crippen LogP contribution in [0, 0.1) is 22.7 Å². The Morgan fingerprint density at radius 3 is 2.42 bits per heavy atom. The van der Waals surface area contributed by atoms with Crippen molar-refractivity contribution in [3.05, 3.63) is 71.2 Å². The van der Waals surface area contributed by atoms with E-state index in [2.05, 4.69) is 33.8 Å². The zero-order valence-corrected chi connectivity index (χ0v) is 17.2. The molecule has 0 aliphatic carbocycles. The second kappa shape index (κ2) is 10.6. The molecule has 0 bridgehead atoms. The Morgan fingerprint density at radius 2 is 1.81 bits per heavy atom. The fourth-order valence-electron chi connectivity index (χ4n) is 3.20. The highest BCUT2D eigenvalue weighted by Crippen LogP contribution is 2.35. The van der Waals surface area contributed by atoms with Crippen molar-refractivity contribution >= 4 is 12.5 Å². The first kappa shape index (κ1) is 21.6. The monoisotopic (exact) mass is 411 g/mol. The van der Waals surface area contributed by atoms with Crippen LogP contribution in [0.25, 0.3) is 11.1 Å². The molecule has 0 fully saturated rings. The number of hydrogen-bond donors (Lipinski definition) is 0. The number of rotatable bonds is 9. The minimum absolute atomic E-state index is 0.220. The quantitative estimate of drug-likeness (QED) is 0.389. The van der Waals surface area contributed by atoms with Crippen molar-refractivity contribution in [3.63, 3.8) is 0 Å². The molecule has 0 amide bonds. The van der Waals surface area contributed by atoms with Crippen LogP contribution >= 0.6 is 0 Å². The van der Waals surface area contributed by atoms with Gasteiger partial charge in [-0.15, -0.1) is 0 Å². The van der Waals surface area contributed by atoms with Crippen molar-refractivity contribution in [3.8, 4) is 29.0 Å². The van der Waals surface area contributed by atoms with Gasteiger partial charge in [-0.3, -0.25) is 4.98 Å². The van der Waals surface area contributed by atoms with Crippen LogP contribution in [-0.2, 0) is 17.6 Å². The van der Waals surface area contributed by atoms with Gasteiger partial charge < -0.3 is 9.47 Å². The maximum Gasteiger partial charge on any atom is 0.170 e. The maximum absolute atomic E-state index is 9.94. The van der Waals surface area contributed by atoms with E-state index in [0.29, 0.717) is 54.2 Å². The van der Waals surface area contributed by atoms with Crippen molar-refractivity contribution in [2.24, 2.45) is 4.99 Å². The zero-order chi connectivity index (χ0) is 22.1. The molecule has 2 heterocycles. The van der Waals surface area contributed by atoms with E-state index in [4.69, 9.17) is 9.47 Å². The largest absolute Gasteiger partial charge is 0.491 e. The summed E-state index contributed by atoms with van der Waals surface area (Å²) in [5, 5.41) is 19.7. The Bertz CT molecular complexity index is 1130. The van der Waals surface area contributed by atoms with Gasteiger partial charge in [0.15, 0.2) is 5.82 Å². The summed E-state index contributed by atoms with van der Waals surface area (Å²) in [4.78, 5) is 12.5. The summed E-state index contributed by atoms with van der Waals surface area (Å²) < 4.78 is 10.6. The fraction of sp³-hybridized carbons (Fsp3) is 0.208. The molecule has 7 heteroatoms. The summed E-state index contributed by atoms with van der Waals surface area (Å²) in [5.41, 5.74) is 3.41. The Balaban J connectivity index is 2.02. The Morgan fingerprint density at radius 1 is 1.03 bits per heavy atom. The Hall–Kier alpha value is -4.07. The molecular weight excluding hydrogens is 390 g/mol. The number of aromatic nitrogens is 2. The molecule has 31 heavy (non-hydrogen) atoms. The summed E-state index contributed by atoms with van der Waals surface area (Å²) in [6, 6.07) is 15.4. The van der Waals surface area contributed by atoms with Gasteiger partial charge in [-0.25, -0.2) is 9.98 Å². The average molecular weight is 411 g/mol. The van der Waals surface area contributed by atoms with Gasteiger partial charge in [0.25, 0.3) is 0 Å². The molecule has 2 aromatic heterocycles. The molecular formula is C24H21N5O2. The zero-order valence-electron chi connectivity index (χ0n) is 17.2. The molecule has 0 radical (unpaired) electrons. The molecule has 3 aromatic rings. The normalized spacial score (nSPS) is 10.2. The van der Waals surface area contributed by atoms with Crippen LogP contribution in [0.2, 0.25) is 0 Å². The van der Waals surface area contributed by atoms with Crippen LogP contribution in [-0.4, -0.2) is 37.0 Å². The molecule has 0 atom stereocenters. The predicted octanol–water partition coefficient (Wildman–Crippen LogP) is 4.03. The third kappa shape index (κ3) is 5.11. The van der Waals surface area contributed by atoms with E-state index in [9.17, 15) is 10.5 Å². The van der Waals surface area contributed by atoms with Gasteiger partial charge in [-0.1, -0.05) is 18.2 Å². The van der Waals surface area contributed by atoms with Gasteiger partial charge in [0.1, 0.15) is 30.1 Å². The van der Waals surface area contributed by atoms with Crippen LogP contribution in [0.15, 0.2) is 53.8 Å². The topological polar surface area (TPSA) is 104 Å². The second-order valence-electron chi connectivity index (χ2n) is 6.62. The first-order valence-corrected chi connectivity index (χ1v) is 9.66. The smallest absolute Gasteiger partial charge is 0.170 e. The van der Waals surface area contributed by atoms with E-state index in [1.54, 1.807) is 31.6 Å². The third-order valence-electron chi connectivity index (χ3n) is 4.70. The van der Waals surface area contributed by atoms with E-state index >= 15 is 0 Å². The molecule has 0 saturated heterocycles. The van der Waals surface area contributed by atoms with Crippen molar-refractivity contribution in [2.45, 2.75) is 12.8 Å². The van der Waals surface area contributed by atoms with Crippen LogP contribution in [0.3, 0.4) is 0 Å². The van der Waals surface area contributed by atoms with Gasteiger partial charge in [0, 0.05) is 25.1 Å². The molecule has 0 spiro atoms. The van der Waals surface area contributed by atoms with Crippen molar-refractivity contribution in [2.75, 3.05) is 20.3 Å². The number of ether oxygens (including phenoxy) is 2. The van der Waals surface area contributed by atoms with Gasteiger partial charge in [-0.2, -0.15) is 10.5 Å². The number of aliphatic imine (C=N–C) groups is 1. The average Bonchev–Trinajstić information content (AvgIpc) is 2.82. The molecule has 1 aromatic carbocycles. The molecule has 0 unspecified atom stereocenters. The van der Waals surface area contributed by atoms with Gasteiger partial charge in [0.2, 0.25) is 0 Å². The van der Waals surface area contributed by atoms with Crippen LogP contribution in [0.1, 0.15) is 22.4 Å². The van der Waals surface area contributed by atoms with Crippen molar-refractivity contribution in [1.82, 2.24) is 9.97 Å². The predicted molar refractivity (Wildman–Crippen MR) is 117 cm³/mol. The molecule has 154 valence electrons. The summed E-state index contributed by atoms with van der Waals surface area (Å²) in [5.74, 6) is 0.892. The lowest BCUT2D eigenvalue weighted by atomic mass is 9.93. The molecule has 3 rings (SSSR count). The minimum atomic E-state index is 0.220. The van der Waals surface area contributed by atoms with Gasteiger partial charge in [-0.05, 0) is 48.9 Å². The number of methoxy groups -OCH3 is 1. The lowest BCUT2D eigenvalue weighted by molar-refractivity contribution is 0.146. The van der Waals surface area contributed by atoms with E-state index in [1.165, 1.54) is 0 Å². The number of pyridine rings is 2. The molecule has 7 nitrogen and oxygen atoms in total. The van der Waals surface area contributed by atoms with Crippen molar-refractivity contribution in [1.29, 1.82) is 10.5 Å². The summed E-state index contributed by atoms with van der Waals surface area (Å²) in [6.45, 7) is 4.47. The summed E-state index contributed by atoms with van der Waals surface area (Å²) in [7, 11) is 1.61. The Kier molecular flexibility index (Phi) is 7.42. The third-order valence-corrected chi connectivity index (χ3v) is 4.70. The minimum Gasteiger partial charge on any atom is -0.491 e. The lowest BCUT2D eigenvalue weighted by Gasteiger charge is -2.14. The highest BCUT2D eigenvalue weighted by atomic mass is 16.5. The number of benzene rings is 1. The molecule has 0 saturated carbocycles. The lowest BCUT2D eigenvalue weighted by Crippen LogP contribution is -2.05. The van der Waals surface area contributed by atoms with Crippen molar-refractivity contribution < 1.29 is 9.47 Å².